The van der Waals surface area contributed by atoms with Crippen LogP contribution in [0.15, 0.2) is 50.9 Å². The smallest absolute Gasteiger partial charge is 0.244 e. The molecular weight excluding hydrogens is 393 g/mol. The van der Waals surface area contributed by atoms with Gasteiger partial charge in [0.2, 0.25) is 5.79 Å². The van der Waals surface area contributed by atoms with Crippen molar-refractivity contribution in [3.8, 4) is 0 Å². The fraction of sp³-hybridized carbons (Fsp3) is 0.278. The minimum atomic E-state index is -1.52. The molecule has 1 aliphatic heterocycles. The van der Waals surface area contributed by atoms with Crippen LogP contribution in [0.1, 0.15) is 29.5 Å². The van der Waals surface area contributed by atoms with E-state index in [0.717, 1.165) is 15.6 Å². The Labute approximate surface area is 153 Å². The van der Waals surface area contributed by atoms with E-state index in [0.29, 0.717) is 16.2 Å². The van der Waals surface area contributed by atoms with Gasteiger partial charge < -0.3 is 9.94 Å². The lowest BCUT2D eigenvalue weighted by molar-refractivity contribution is -0.179. The average molecular weight is 410 g/mol. The second-order valence-corrected chi connectivity index (χ2v) is 7.62. The van der Waals surface area contributed by atoms with Crippen molar-refractivity contribution in [2.24, 2.45) is 5.16 Å². The van der Waals surface area contributed by atoms with Gasteiger partial charge in [-0.15, -0.1) is 11.8 Å². The van der Waals surface area contributed by atoms with Gasteiger partial charge in [-0.25, -0.2) is 4.39 Å². The van der Waals surface area contributed by atoms with Gasteiger partial charge in [-0.3, -0.25) is 0 Å². The summed E-state index contributed by atoms with van der Waals surface area (Å²) in [4.78, 5) is 5.81. The van der Waals surface area contributed by atoms with Crippen LogP contribution in [0.4, 0.5) is 4.39 Å². The normalized spacial score (nSPS) is 23.1. The van der Waals surface area contributed by atoms with Crippen molar-refractivity contribution in [3.63, 3.8) is 0 Å². The van der Waals surface area contributed by atoms with Crippen molar-refractivity contribution in [3.05, 3.63) is 63.4 Å². The Morgan fingerprint density at radius 1 is 1.29 bits per heavy atom. The number of nitrogens with zero attached hydrogens (tertiary/aromatic N) is 1. The molecule has 0 spiro atoms. The first-order valence-electron chi connectivity index (χ1n) is 7.42. The Bertz CT molecular complexity index is 823. The van der Waals surface area contributed by atoms with Crippen LogP contribution in [-0.4, -0.2) is 22.9 Å². The summed E-state index contributed by atoms with van der Waals surface area (Å²) in [7, 11) is 0. The first kappa shape index (κ1) is 17.5. The minimum Gasteiger partial charge on any atom is -0.359 e. The Balaban J connectivity index is 2.07. The standard InChI is InChI=1S/C18H17BrFNO2S/c1-10-8-12(4-6-13(10)19)17-16(18(2,22)23-21-17)11-5-7-15(24-3)14(20)9-11/h4-9,16,22H,1-3H3. The summed E-state index contributed by atoms with van der Waals surface area (Å²) in [5, 5.41) is 14.7. The molecule has 1 heterocycles. The molecule has 3 rings (SSSR count). The lowest BCUT2D eigenvalue weighted by Crippen LogP contribution is -2.34. The third kappa shape index (κ3) is 3.10. The number of hydrogen-bond donors (Lipinski definition) is 1. The molecule has 0 fully saturated rings. The second-order valence-electron chi connectivity index (χ2n) is 5.91. The summed E-state index contributed by atoms with van der Waals surface area (Å²) in [6, 6.07) is 10.8. The number of halogens is 2. The van der Waals surface area contributed by atoms with Crippen molar-refractivity contribution >= 4 is 33.4 Å². The summed E-state index contributed by atoms with van der Waals surface area (Å²) in [5.41, 5.74) is 3.11. The van der Waals surface area contributed by atoms with Gasteiger partial charge in [0.1, 0.15) is 11.5 Å². The maximum absolute atomic E-state index is 14.2. The van der Waals surface area contributed by atoms with E-state index in [9.17, 15) is 9.50 Å². The van der Waals surface area contributed by atoms with E-state index in [1.54, 1.807) is 13.0 Å². The fourth-order valence-electron chi connectivity index (χ4n) is 2.85. The van der Waals surface area contributed by atoms with Crippen LogP contribution in [0.2, 0.25) is 0 Å². The molecule has 0 aliphatic carbocycles. The maximum atomic E-state index is 14.2. The highest BCUT2D eigenvalue weighted by Gasteiger charge is 2.45. The summed E-state index contributed by atoms with van der Waals surface area (Å²) in [6.07, 6.45) is 1.82. The predicted molar refractivity (Wildman–Crippen MR) is 98.0 cm³/mol. The van der Waals surface area contributed by atoms with E-state index in [1.807, 2.05) is 37.4 Å². The van der Waals surface area contributed by atoms with Crippen LogP contribution >= 0.6 is 27.7 Å². The molecule has 0 saturated heterocycles. The van der Waals surface area contributed by atoms with E-state index in [1.165, 1.54) is 17.8 Å². The number of rotatable bonds is 3. The van der Waals surface area contributed by atoms with E-state index >= 15 is 0 Å². The first-order chi connectivity index (χ1) is 11.3. The van der Waals surface area contributed by atoms with Crippen molar-refractivity contribution < 1.29 is 14.3 Å². The summed E-state index contributed by atoms with van der Waals surface area (Å²) >= 11 is 4.82. The van der Waals surface area contributed by atoms with Gasteiger partial charge in [-0.05, 0) is 48.6 Å². The topological polar surface area (TPSA) is 41.8 Å². The third-order valence-corrected chi connectivity index (χ3v) is 5.76. The van der Waals surface area contributed by atoms with Crippen LogP contribution in [0, 0.1) is 12.7 Å². The van der Waals surface area contributed by atoms with Crippen molar-refractivity contribution in [1.82, 2.24) is 0 Å². The van der Waals surface area contributed by atoms with Crippen LogP contribution < -0.4 is 0 Å². The highest BCUT2D eigenvalue weighted by Crippen LogP contribution is 2.39. The number of oxime groups is 1. The largest absolute Gasteiger partial charge is 0.359 e. The number of thioether (sulfide) groups is 1. The van der Waals surface area contributed by atoms with Crippen molar-refractivity contribution in [1.29, 1.82) is 0 Å². The third-order valence-electron chi connectivity index (χ3n) is 4.10. The van der Waals surface area contributed by atoms with Gasteiger partial charge in [0.25, 0.3) is 0 Å². The van der Waals surface area contributed by atoms with Crippen LogP contribution in [0.5, 0.6) is 0 Å². The Hall–Kier alpha value is -1.37. The molecule has 0 radical (unpaired) electrons. The van der Waals surface area contributed by atoms with Crippen molar-refractivity contribution in [2.45, 2.75) is 30.4 Å². The van der Waals surface area contributed by atoms with E-state index in [4.69, 9.17) is 4.84 Å². The van der Waals surface area contributed by atoms with Gasteiger partial charge in [-0.2, -0.15) is 0 Å². The number of hydrogen-bond acceptors (Lipinski definition) is 4. The van der Waals surface area contributed by atoms with Crippen LogP contribution in [0.25, 0.3) is 0 Å². The molecule has 0 amide bonds. The predicted octanol–water partition coefficient (Wildman–Crippen LogP) is 4.85. The van der Waals surface area contributed by atoms with E-state index < -0.39 is 11.7 Å². The molecule has 0 bridgehead atoms. The fourth-order valence-corrected chi connectivity index (χ4v) is 3.56. The molecule has 2 aromatic rings. The monoisotopic (exact) mass is 409 g/mol. The van der Waals surface area contributed by atoms with Gasteiger partial charge in [0, 0.05) is 21.9 Å². The van der Waals surface area contributed by atoms with Crippen LogP contribution in [-0.2, 0) is 4.84 Å². The molecule has 2 unspecified atom stereocenters. The molecule has 0 aromatic heterocycles. The molecule has 1 N–H and O–H groups in total. The maximum Gasteiger partial charge on any atom is 0.244 e. The zero-order chi connectivity index (χ0) is 17.5. The molecule has 24 heavy (non-hydrogen) atoms. The molecule has 126 valence electrons. The minimum absolute atomic E-state index is 0.311. The van der Waals surface area contributed by atoms with Crippen molar-refractivity contribution in [2.75, 3.05) is 6.26 Å². The van der Waals surface area contributed by atoms with Crippen LogP contribution in [0.3, 0.4) is 0 Å². The molecule has 1 aliphatic rings. The van der Waals surface area contributed by atoms with E-state index in [-0.39, 0.29) is 5.82 Å². The average Bonchev–Trinajstić information content (AvgIpc) is 2.85. The highest BCUT2D eigenvalue weighted by molar-refractivity contribution is 9.10. The quantitative estimate of drug-likeness (QED) is 0.736. The first-order valence-corrected chi connectivity index (χ1v) is 9.43. The lowest BCUT2D eigenvalue weighted by atomic mass is 9.84. The van der Waals surface area contributed by atoms with Gasteiger partial charge in [0.15, 0.2) is 0 Å². The second kappa shape index (κ2) is 6.50. The Kier molecular flexibility index (Phi) is 4.73. The zero-order valence-electron chi connectivity index (χ0n) is 13.5. The van der Waals surface area contributed by atoms with E-state index in [2.05, 4.69) is 21.1 Å². The number of aliphatic hydroxyl groups is 1. The lowest BCUT2D eigenvalue weighted by Gasteiger charge is -2.24. The molecule has 6 heteroatoms. The molecule has 2 aromatic carbocycles. The molecule has 2 atom stereocenters. The van der Waals surface area contributed by atoms with Gasteiger partial charge >= 0.3 is 0 Å². The SMILES string of the molecule is CSc1ccc(C2C(c3ccc(Br)c(C)c3)=NOC2(C)O)cc1F. The number of benzene rings is 2. The summed E-state index contributed by atoms with van der Waals surface area (Å²) in [5.74, 6) is -2.40. The van der Waals surface area contributed by atoms with Gasteiger partial charge in [-0.1, -0.05) is 33.2 Å². The highest BCUT2D eigenvalue weighted by atomic mass is 79.9. The molecule has 0 saturated carbocycles. The Morgan fingerprint density at radius 2 is 2.04 bits per heavy atom. The molecular formula is C18H17BrFNO2S. The zero-order valence-corrected chi connectivity index (χ0v) is 15.9. The molecule has 3 nitrogen and oxygen atoms in total. The summed E-state index contributed by atoms with van der Waals surface area (Å²) in [6.45, 7) is 3.52. The number of aryl methyl sites for hydroxylation is 1. The Morgan fingerprint density at radius 3 is 2.67 bits per heavy atom. The summed E-state index contributed by atoms with van der Waals surface area (Å²) < 4.78 is 15.2. The van der Waals surface area contributed by atoms with Gasteiger partial charge in [0.05, 0.1) is 5.92 Å².